The Kier molecular flexibility index (Phi) is 4.55. The Balaban J connectivity index is 2.47. The van der Waals surface area contributed by atoms with Crippen LogP contribution in [0.3, 0.4) is 0 Å². The van der Waals surface area contributed by atoms with E-state index in [0.29, 0.717) is 12.5 Å². The molecular formula is C10H18N2O2S. The largest absolute Gasteiger partial charge is 0.227 e. The highest BCUT2D eigenvalue weighted by Gasteiger charge is 2.22. The summed E-state index contributed by atoms with van der Waals surface area (Å²) in [6.45, 7) is 0.573. The fraction of sp³-hybridized carbons (Fsp3) is 0.900. The van der Waals surface area contributed by atoms with E-state index in [9.17, 15) is 8.42 Å². The van der Waals surface area contributed by atoms with Gasteiger partial charge in [-0.3, -0.25) is 0 Å². The summed E-state index contributed by atoms with van der Waals surface area (Å²) in [6.07, 6.45) is 5.91. The molecular weight excluding hydrogens is 212 g/mol. The van der Waals surface area contributed by atoms with E-state index in [1.165, 1.54) is 23.6 Å². The first-order valence-electron chi connectivity index (χ1n) is 5.37. The van der Waals surface area contributed by atoms with Crippen LogP contribution in [0.15, 0.2) is 0 Å². The van der Waals surface area contributed by atoms with Crippen molar-refractivity contribution in [2.24, 2.45) is 5.92 Å². The van der Waals surface area contributed by atoms with Crippen LogP contribution in [0.1, 0.15) is 32.1 Å². The van der Waals surface area contributed by atoms with Crippen LogP contribution in [0.5, 0.6) is 0 Å². The van der Waals surface area contributed by atoms with Crippen molar-refractivity contribution in [2.75, 3.05) is 19.3 Å². The molecule has 0 atom stereocenters. The van der Waals surface area contributed by atoms with Gasteiger partial charge in [-0.25, -0.2) is 12.7 Å². The van der Waals surface area contributed by atoms with Crippen LogP contribution in [-0.2, 0) is 10.0 Å². The molecule has 1 rings (SSSR count). The Labute approximate surface area is 91.9 Å². The minimum absolute atomic E-state index is 0.407. The Morgan fingerprint density at radius 2 is 1.93 bits per heavy atom. The van der Waals surface area contributed by atoms with Crippen molar-refractivity contribution in [3.63, 3.8) is 0 Å². The quantitative estimate of drug-likeness (QED) is 0.732. The summed E-state index contributed by atoms with van der Waals surface area (Å²) in [7, 11) is -1.77. The first kappa shape index (κ1) is 12.5. The average molecular weight is 230 g/mol. The molecule has 0 heterocycles. The summed E-state index contributed by atoms with van der Waals surface area (Å²) in [4.78, 5) is 0. The van der Waals surface area contributed by atoms with Crippen LogP contribution in [0.2, 0.25) is 0 Å². The van der Waals surface area contributed by atoms with E-state index in [2.05, 4.69) is 0 Å². The van der Waals surface area contributed by atoms with Crippen molar-refractivity contribution >= 4 is 10.0 Å². The Hall–Kier alpha value is -0.600. The number of hydrogen-bond acceptors (Lipinski definition) is 3. The molecule has 0 amide bonds. The van der Waals surface area contributed by atoms with Gasteiger partial charge in [0.2, 0.25) is 10.0 Å². The third kappa shape index (κ3) is 3.80. The Morgan fingerprint density at radius 3 is 2.47 bits per heavy atom. The van der Waals surface area contributed by atoms with Crippen molar-refractivity contribution < 1.29 is 8.42 Å². The molecule has 1 aliphatic rings. The van der Waals surface area contributed by atoms with Gasteiger partial charge in [-0.05, 0) is 18.8 Å². The zero-order valence-electron chi connectivity index (χ0n) is 9.15. The van der Waals surface area contributed by atoms with Gasteiger partial charge < -0.3 is 0 Å². The molecule has 0 saturated heterocycles. The summed E-state index contributed by atoms with van der Waals surface area (Å²) in [5.41, 5.74) is 0. The molecule has 0 radical (unpaired) electrons. The van der Waals surface area contributed by atoms with Crippen LogP contribution < -0.4 is 0 Å². The van der Waals surface area contributed by atoms with Gasteiger partial charge in [0.1, 0.15) is 0 Å². The molecule has 0 N–H and O–H groups in total. The van der Waals surface area contributed by atoms with E-state index in [0.717, 1.165) is 12.8 Å². The Morgan fingerprint density at radius 1 is 1.33 bits per heavy atom. The lowest BCUT2D eigenvalue weighted by Crippen LogP contribution is -2.34. The molecule has 0 aromatic carbocycles. The third-order valence-electron chi connectivity index (χ3n) is 2.96. The van der Waals surface area contributed by atoms with E-state index in [1.54, 1.807) is 13.1 Å². The molecule has 1 aliphatic carbocycles. The van der Waals surface area contributed by atoms with Crippen LogP contribution >= 0.6 is 0 Å². The highest BCUT2D eigenvalue weighted by Crippen LogP contribution is 2.24. The van der Waals surface area contributed by atoms with Crippen LogP contribution in [0.4, 0.5) is 0 Å². The fourth-order valence-electron chi connectivity index (χ4n) is 2.04. The molecule has 1 fully saturated rings. The van der Waals surface area contributed by atoms with Gasteiger partial charge in [0, 0.05) is 13.6 Å². The summed E-state index contributed by atoms with van der Waals surface area (Å²) in [5, 5.41) is 8.40. The zero-order chi connectivity index (χ0) is 11.3. The highest BCUT2D eigenvalue weighted by molar-refractivity contribution is 7.89. The fourth-order valence-corrected chi connectivity index (χ4v) is 2.86. The predicted molar refractivity (Wildman–Crippen MR) is 58.6 cm³/mol. The van der Waals surface area contributed by atoms with Gasteiger partial charge in [-0.15, -0.1) is 0 Å². The summed E-state index contributed by atoms with van der Waals surface area (Å²) < 4.78 is 24.4. The summed E-state index contributed by atoms with van der Waals surface area (Å²) in [6, 6.07) is 1.70. The summed E-state index contributed by atoms with van der Waals surface area (Å²) in [5.74, 6) is 0.0770. The maximum Gasteiger partial charge on any atom is 0.227 e. The van der Waals surface area contributed by atoms with Crippen LogP contribution in [-0.4, -0.2) is 32.1 Å². The molecule has 1 saturated carbocycles. The van der Waals surface area contributed by atoms with Crippen molar-refractivity contribution in [1.29, 1.82) is 5.26 Å². The maximum absolute atomic E-state index is 11.5. The number of rotatable bonds is 4. The molecule has 0 spiro atoms. The van der Waals surface area contributed by atoms with E-state index in [-0.39, 0.29) is 0 Å². The smallest absolute Gasteiger partial charge is 0.211 e. The maximum atomic E-state index is 11.5. The SMILES string of the molecule is CN(CC1CCCCC1)S(=O)(=O)CC#N. The highest BCUT2D eigenvalue weighted by atomic mass is 32.2. The minimum atomic E-state index is -3.34. The monoisotopic (exact) mass is 230 g/mol. The molecule has 0 aliphatic heterocycles. The van der Waals surface area contributed by atoms with Crippen molar-refractivity contribution in [3.05, 3.63) is 0 Å². The van der Waals surface area contributed by atoms with Crippen molar-refractivity contribution in [2.45, 2.75) is 32.1 Å². The average Bonchev–Trinajstić information content (AvgIpc) is 2.19. The van der Waals surface area contributed by atoms with E-state index < -0.39 is 15.8 Å². The van der Waals surface area contributed by atoms with E-state index in [1.807, 2.05) is 0 Å². The van der Waals surface area contributed by atoms with Crippen molar-refractivity contribution in [1.82, 2.24) is 4.31 Å². The molecule has 0 bridgehead atoms. The lowest BCUT2D eigenvalue weighted by atomic mass is 9.89. The van der Waals surface area contributed by atoms with E-state index in [4.69, 9.17) is 5.26 Å². The summed E-state index contributed by atoms with van der Waals surface area (Å²) >= 11 is 0. The predicted octanol–water partition coefficient (Wildman–Crippen LogP) is 1.35. The lowest BCUT2D eigenvalue weighted by Gasteiger charge is -2.25. The van der Waals surface area contributed by atoms with Gasteiger partial charge in [-0.2, -0.15) is 5.26 Å². The Bertz CT molecular complexity index is 326. The first-order valence-corrected chi connectivity index (χ1v) is 6.98. The second kappa shape index (κ2) is 5.47. The molecule has 0 aromatic heterocycles. The number of sulfonamides is 1. The third-order valence-corrected chi connectivity index (χ3v) is 4.55. The van der Waals surface area contributed by atoms with Gasteiger partial charge in [0.25, 0.3) is 0 Å². The van der Waals surface area contributed by atoms with Gasteiger partial charge in [-0.1, -0.05) is 19.3 Å². The topological polar surface area (TPSA) is 61.2 Å². The minimum Gasteiger partial charge on any atom is -0.211 e. The standard InChI is InChI=1S/C10H18N2O2S/c1-12(15(13,14)8-7-11)9-10-5-3-2-4-6-10/h10H,2-6,8-9H2,1H3. The lowest BCUT2D eigenvalue weighted by molar-refractivity contribution is 0.300. The normalized spacial score (nSPS) is 19.0. The zero-order valence-corrected chi connectivity index (χ0v) is 9.96. The molecule has 5 heteroatoms. The van der Waals surface area contributed by atoms with Crippen molar-refractivity contribution in [3.8, 4) is 6.07 Å². The molecule has 15 heavy (non-hydrogen) atoms. The molecule has 0 aromatic rings. The van der Waals surface area contributed by atoms with Crippen LogP contribution in [0, 0.1) is 17.2 Å². The second-order valence-corrected chi connectivity index (χ2v) is 6.27. The number of hydrogen-bond donors (Lipinski definition) is 0. The molecule has 86 valence electrons. The number of nitriles is 1. The van der Waals surface area contributed by atoms with Gasteiger partial charge >= 0.3 is 0 Å². The molecule has 4 nitrogen and oxygen atoms in total. The number of nitrogens with zero attached hydrogens (tertiary/aromatic N) is 2. The van der Waals surface area contributed by atoms with Gasteiger partial charge in [0.05, 0.1) is 6.07 Å². The van der Waals surface area contributed by atoms with Gasteiger partial charge in [0.15, 0.2) is 5.75 Å². The first-order chi connectivity index (χ1) is 7.06. The van der Waals surface area contributed by atoms with E-state index >= 15 is 0 Å². The van der Waals surface area contributed by atoms with Crippen LogP contribution in [0.25, 0.3) is 0 Å². The molecule has 0 unspecified atom stereocenters. The second-order valence-electron chi connectivity index (χ2n) is 4.20.